The lowest BCUT2D eigenvalue weighted by Crippen LogP contribution is -2.36. The molecule has 1 saturated heterocycles. The molecular weight excluding hydrogens is 230 g/mol. The van der Waals surface area contributed by atoms with Crippen LogP contribution in [0.4, 0.5) is 0 Å². The molecule has 0 unspecified atom stereocenters. The number of aliphatic hydroxyl groups is 1. The first-order chi connectivity index (χ1) is 8.65. The summed E-state index contributed by atoms with van der Waals surface area (Å²) in [7, 11) is 0. The third-order valence-electron chi connectivity index (χ3n) is 3.72. The van der Waals surface area contributed by atoms with Crippen molar-refractivity contribution in [3.8, 4) is 0 Å². The number of hydrogen-bond donors (Lipinski definition) is 2. The van der Waals surface area contributed by atoms with Gasteiger partial charge >= 0.3 is 5.97 Å². The van der Waals surface area contributed by atoms with Crippen LogP contribution in [-0.2, 0) is 4.79 Å². The van der Waals surface area contributed by atoms with Crippen LogP contribution in [0.5, 0.6) is 0 Å². The third kappa shape index (κ3) is 5.36. The molecule has 1 rings (SSSR count). The van der Waals surface area contributed by atoms with Crippen molar-refractivity contribution in [2.45, 2.75) is 70.4 Å². The molecule has 1 heterocycles. The third-order valence-corrected chi connectivity index (χ3v) is 3.72. The van der Waals surface area contributed by atoms with E-state index >= 15 is 0 Å². The van der Waals surface area contributed by atoms with Crippen LogP contribution in [-0.4, -0.2) is 46.3 Å². The maximum absolute atomic E-state index is 11.0. The molecule has 0 aromatic carbocycles. The highest BCUT2D eigenvalue weighted by Gasteiger charge is 2.35. The monoisotopic (exact) mass is 257 g/mol. The first kappa shape index (κ1) is 15.4. The average Bonchev–Trinajstić information content (AvgIpc) is 2.69. The Labute approximate surface area is 110 Å². The number of aliphatic carboxylic acids is 1. The Bertz CT molecular complexity index is 245. The van der Waals surface area contributed by atoms with Gasteiger partial charge in [0.2, 0.25) is 0 Å². The number of likely N-dealkylation sites (tertiary alicyclic amines) is 1. The van der Waals surface area contributed by atoms with E-state index < -0.39 is 18.1 Å². The van der Waals surface area contributed by atoms with Crippen molar-refractivity contribution in [1.82, 2.24) is 4.90 Å². The molecule has 0 radical (unpaired) electrons. The van der Waals surface area contributed by atoms with Crippen molar-refractivity contribution in [3.05, 3.63) is 0 Å². The fraction of sp³-hybridized carbons (Fsp3) is 0.929. The highest BCUT2D eigenvalue weighted by molar-refractivity contribution is 5.74. The maximum atomic E-state index is 11.0. The van der Waals surface area contributed by atoms with Gasteiger partial charge in [-0.05, 0) is 13.0 Å². The number of carbonyl (C=O) groups is 1. The number of unbranched alkanes of at least 4 members (excludes halogenated alkanes) is 6. The molecule has 1 aliphatic heterocycles. The molecule has 2 atom stereocenters. The molecule has 1 fully saturated rings. The fourth-order valence-electron chi connectivity index (χ4n) is 2.66. The lowest BCUT2D eigenvalue weighted by atomic mass is 10.1. The molecule has 2 N–H and O–H groups in total. The molecule has 0 aromatic rings. The van der Waals surface area contributed by atoms with E-state index in [1.807, 2.05) is 4.90 Å². The number of β-amino-alcohol motifs (C(OH)–C–C–N with tert-alkyl or cyclic N) is 1. The van der Waals surface area contributed by atoms with Crippen molar-refractivity contribution in [3.63, 3.8) is 0 Å². The Hall–Kier alpha value is -0.610. The van der Waals surface area contributed by atoms with Gasteiger partial charge in [-0.1, -0.05) is 45.4 Å². The van der Waals surface area contributed by atoms with Crippen LogP contribution < -0.4 is 0 Å². The minimum atomic E-state index is -0.797. The minimum Gasteiger partial charge on any atom is -0.480 e. The van der Waals surface area contributed by atoms with Crippen LogP contribution in [0.25, 0.3) is 0 Å². The molecule has 4 nitrogen and oxygen atoms in total. The van der Waals surface area contributed by atoms with Crippen molar-refractivity contribution in [2.24, 2.45) is 0 Å². The van der Waals surface area contributed by atoms with Gasteiger partial charge in [0, 0.05) is 13.0 Å². The number of carboxylic acids is 1. The zero-order chi connectivity index (χ0) is 13.4. The van der Waals surface area contributed by atoms with Gasteiger partial charge in [-0.15, -0.1) is 0 Å². The van der Waals surface area contributed by atoms with E-state index in [1.165, 1.54) is 38.5 Å². The summed E-state index contributed by atoms with van der Waals surface area (Å²) in [4.78, 5) is 12.9. The van der Waals surface area contributed by atoms with Gasteiger partial charge < -0.3 is 10.2 Å². The van der Waals surface area contributed by atoms with E-state index in [0.717, 1.165) is 13.0 Å². The zero-order valence-electron chi connectivity index (χ0n) is 11.5. The Morgan fingerprint density at radius 1 is 1.17 bits per heavy atom. The lowest BCUT2D eigenvalue weighted by Gasteiger charge is -2.20. The SMILES string of the molecule is CCCCCCCCCN1C[C@H](O)C[C@H]1C(=O)O. The van der Waals surface area contributed by atoms with Gasteiger partial charge in [0.15, 0.2) is 0 Å². The van der Waals surface area contributed by atoms with Crippen molar-refractivity contribution >= 4 is 5.97 Å². The second kappa shape index (κ2) is 8.48. The molecule has 0 aliphatic carbocycles. The number of nitrogens with zero attached hydrogens (tertiary/aromatic N) is 1. The van der Waals surface area contributed by atoms with E-state index in [2.05, 4.69) is 6.92 Å². The second-order valence-electron chi connectivity index (χ2n) is 5.36. The van der Waals surface area contributed by atoms with Crippen LogP contribution in [0.2, 0.25) is 0 Å². The van der Waals surface area contributed by atoms with Gasteiger partial charge in [0.1, 0.15) is 6.04 Å². The van der Waals surface area contributed by atoms with Crippen molar-refractivity contribution in [2.75, 3.05) is 13.1 Å². The van der Waals surface area contributed by atoms with Crippen LogP contribution >= 0.6 is 0 Å². The van der Waals surface area contributed by atoms with Gasteiger partial charge in [-0.3, -0.25) is 9.69 Å². The summed E-state index contributed by atoms with van der Waals surface area (Å²) < 4.78 is 0. The van der Waals surface area contributed by atoms with E-state index in [9.17, 15) is 9.90 Å². The van der Waals surface area contributed by atoms with Crippen LogP contribution in [0.3, 0.4) is 0 Å². The van der Waals surface area contributed by atoms with E-state index in [1.54, 1.807) is 0 Å². The topological polar surface area (TPSA) is 60.8 Å². The molecule has 1 aliphatic rings. The smallest absolute Gasteiger partial charge is 0.321 e. The second-order valence-corrected chi connectivity index (χ2v) is 5.36. The van der Waals surface area contributed by atoms with E-state index in [0.29, 0.717) is 13.0 Å². The van der Waals surface area contributed by atoms with Gasteiger partial charge in [-0.2, -0.15) is 0 Å². The summed E-state index contributed by atoms with van der Waals surface area (Å²) in [5.41, 5.74) is 0. The highest BCUT2D eigenvalue weighted by Crippen LogP contribution is 2.19. The number of aliphatic hydroxyl groups excluding tert-OH is 1. The summed E-state index contributed by atoms with van der Waals surface area (Å²) in [6.07, 6.45) is 8.57. The quantitative estimate of drug-likeness (QED) is 0.622. The molecule has 18 heavy (non-hydrogen) atoms. The summed E-state index contributed by atoms with van der Waals surface area (Å²) in [6.45, 7) is 3.54. The van der Waals surface area contributed by atoms with Crippen molar-refractivity contribution < 1.29 is 15.0 Å². The van der Waals surface area contributed by atoms with Crippen LogP contribution in [0.1, 0.15) is 58.3 Å². The molecule has 4 heteroatoms. The Morgan fingerprint density at radius 3 is 2.39 bits per heavy atom. The molecular formula is C14H27NO3. The number of hydrogen-bond acceptors (Lipinski definition) is 3. The van der Waals surface area contributed by atoms with Crippen LogP contribution in [0.15, 0.2) is 0 Å². The predicted octanol–water partition coefficient (Wildman–Crippen LogP) is 2.26. The molecule has 0 saturated carbocycles. The first-order valence-corrected chi connectivity index (χ1v) is 7.30. The highest BCUT2D eigenvalue weighted by atomic mass is 16.4. The first-order valence-electron chi connectivity index (χ1n) is 7.30. The van der Waals surface area contributed by atoms with Gasteiger partial charge in [0.05, 0.1) is 6.10 Å². The fourth-order valence-corrected chi connectivity index (χ4v) is 2.66. The van der Waals surface area contributed by atoms with Gasteiger partial charge in [0.25, 0.3) is 0 Å². The minimum absolute atomic E-state index is 0.381. The average molecular weight is 257 g/mol. The van der Waals surface area contributed by atoms with Crippen molar-refractivity contribution in [1.29, 1.82) is 0 Å². The number of carboxylic acid groups (broad SMARTS) is 1. The normalized spacial score (nSPS) is 24.6. The van der Waals surface area contributed by atoms with Crippen LogP contribution in [0, 0.1) is 0 Å². The zero-order valence-corrected chi connectivity index (χ0v) is 11.5. The molecule has 0 bridgehead atoms. The summed E-state index contributed by atoms with van der Waals surface area (Å²) in [6, 6.07) is -0.472. The summed E-state index contributed by atoms with van der Waals surface area (Å²) >= 11 is 0. The largest absolute Gasteiger partial charge is 0.480 e. The Kier molecular flexibility index (Phi) is 7.28. The van der Waals surface area contributed by atoms with Gasteiger partial charge in [-0.25, -0.2) is 0 Å². The maximum Gasteiger partial charge on any atom is 0.321 e. The standard InChI is InChI=1S/C14H27NO3/c1-2-3-4-5-6-7-8-9-15-11-12(16)10-13(15)14(17)18/h12-13,16H,2-11H2,1H3,(H,17,18)/t12-,13+/m1/s1. The molecule has 0 amide bonds. The lowest BCUT2D eigenvalue weighted by molar-refractivity contribution is -0.142. The molecule has 0 spiro atoms. The summed E-state index contributed by atoms with van der Waals surface area (Å²) in [5.74, 6) is -0.797. The molecule has 0 aromatic heterocycles. The van der Waals surface area contributed by atoms with E-state index in [-0.39, 0.29) is 0 Å². The summed E-state index contributed by atoms with van der Waals surface area (Å²) in [5, 5.41) is 18.6. The predicted molar refractivity (Wildman–Crippen MR) is 71.6 cm³/mol. The Balaban J connectivity index is 2.09. The number of rotatable bonds is 9. The Morgan fingerprint density at radius 2 is 1.78 bits per heavy atom. The van der Waals surface area contributed by atoms with E-state index in [4.69, 9.17) is 5.11 Å². The molecule has 106 valence electrons.